The first-order valence-corrected chi connectivity index (χ1v) is 7.36. The summed E-state index contributed by atoms with van der Waals surface area (Å²) in [6.45, 7) is 5.95. The highest BCUT2D eigenvalue weighted by atomic mass is 16.5. The fourth-order valence-electron chi connectivity index (χ4n) is 2.34. The van der Waals surface area contributed by atoms with Crippen LogP contribution in [-0.2, 0) is 16.0 Å². The first-order valence-electron chi connectivity index (χ1n) is 7.36. The number of hydrogen-bond donors (Lipinski definition) is 1. The highest BCUT2D eigenvalue weighted by Crippen LogP contribution is 2.16. The molecule has 1 saturated heterocycles. The van der Waals surface area contributed by atoms with E-state index in [-0.39, 0.29) is 12.0 Å². The van der Waals surface area contributed by atoms with Crippen LogP contribution in [0.5, 0.6) is 5.75 Å². The van der Waals surface area contributed by atoms with E-state index in [4.69, 9.17) is 9.47 Å². The molecule has 1 fully saturated rings. The quantitative estimate of drug-likeness (QED) is 0.887. The lowest BCUT2D eigenvalue weighted by Crippen LogP contribution is -2.46. The number of morpholine rings is 1. The molecule has 5 heteroatoms. The van der Waals surface area contributed by atoms with Gasteiger partial charge in [0.2, 0.25) is 0 Å². The number of amides is 1. The van der Waals surface area contributed by atoms with E-state index in [0.29, 0.717) is 38.5 Å². The third-order valence-corrected chi connectivity index (χ3v) is 3.44. The van der Waals surface area contributed by atoms with Crippen molar-refractivity contribution in [1.82, 2.24) is 4.90 Å². The lowest BCUT2D eigenvalue weighted by atomic mass is 10.1. The predicted octanol–water partition coefficient (Wildman–Crippen LogP) is 1.24. The van der Waals surface area contributed by atoms with Crippen molar-refractivity contribution in [2.24, 2.45) is 0 Å². The van der Waals surface area contributed by atoms with E-state index in [1.807, 2.05) is 24.3 Å². The molecule has 116 valence electrons. The number of hydrogen-bond acceptors (Lipinski definition) is 4. The molecule has 0 aromatic heterocycles. The summed E-state index contributed by atoms with van der Waals surface area (Å²) in [4.78, 5) is 14.0. The fourth-order valence-corrected chi connectivity index (χ4v) is 2.34. The molecule has 1 aromatic carbocycles. The van der Waals surface area contributed by atoms with Gasteiger partial charge in [-0.25, -0.2) is 0 Å². The molecular weight excluding hydrogens is 270 g/mol. The van der Waals surface area contributed by atoms with Crippen molar-refractivity contribution in [2.45, 2.75) is 32.5 Å². The number of ether oxygens (including phenoxy) is 2. The molecule has 2 rings (SSSR count). The molecule has 1 amide bonds. The Morgan fingerprint density at radius 3 is 2.48 bits per heavy atom. The summed E-state index contributed by atoms with van der Waals surface area (Å²) in [6.07, 6.45) is -0.257. The molecule has 0 saturated carbocycles. The first kappa shape index (κ1) is 15.8. The maximum absolute atomic E-state index is 12.2. The van der Waals surface area contributed by atoms with Crippen molar-refractivity contribution in [1.29, 1.82) is 0 Å². The van der Waals surface area contributed by atoms with Crippen LogP contribution in [-0.4, -0.2) is 54.4 Å². The van der Waals surface area contributed by atoms with Crippen molar-refractivity contribution < 1.29 is 19.4 Å². The number of aliphatic hydroxyl groups excluding tert-OH is 1. The molecule has 0 bridgehead atoms. The maximum atomic E-state index is 12.2. The van der Waals surface area contributed by atoms with Crippen molar-refractivity contribution >= 4 is 5.91 Å². The molecule has 1 heterocycles. The van der Waals surface area contributed by atoms with E-state index in [0.717, 1.165) is 5.56 Å². The Bertz CT molecular complexity index is 452. The Labute approximate surface area is 125 Å². The summed E-state index contributed by atoms with van der Waals surface area (Å²) in [7, 11) is 0. The predicted molar refractivity (Wildman–Crippen MR) is 79.3 cm³/mol. The van der Waals surface area contributed by atoms with Crippen LogP contribution < -0.4 is 4.74 Å². The molecule has 2 atom stereocenters. The second kappa shape index (κ2) is 7.43. The van der Waals surface area contributed by atoms with Gasteiger partial charge in [0.25, 0.3) is 5.91 Å². The van der Waals surface area contributed by atoms with Crippen LogP contribution in [0.25, 0.3) is 0 Å². The van der Waals surface area contributed by atoms with Crippen LogP contribution in [0.15, 0.2) is 24.3 Å². The molecule has 1 aliphatic rings. The monoisotopic (exact) mass is 293 g/mol. The van der Waals surface area contributed by atoms with Gasteiger partial charge in [-0.1, -0.05) is 12.1 Å². The number of carbonyl (C=O) groups excluding carboxylic acids is 1. The zero-order chi connectivity index (χ0) is 15.2. The van der Waals surface area contributed by atoms with E-state index in [1.165, 1.54) is 0 Å². The molecule has 0 spiro atoms. The van der Waals surface area contributed by atoms with E-state index in [9.17, 15) is 9.90 Å². The molecule has 1 N–H and O–H groups in total. The van der Waals surface area contributed by atoms with Crippen molar-refractivity contribution in [3.8, 4) is 5.75 Å². The standard InChI is InChI=1S/C16H23NO4/c1-12(18)11-14-3-5-15(6-4-14)21-13(2)16(19)17-7-9-20-10-8-17/h3-6,12-13,18H,7-11H2,1-2H3. The van der Waals surface area contributed by atoms with Gasteiger partial charge in [0.1, 0.15) is 5.75 Å². The Morgan fingerprint density at radius 2 is 1.90 bits per heavy atom. The number of aliphatic hydroxyl groups is 1. The Kier molecular flexibility index (Phi) is 5.59. The van der Waals surface area contributed by atoms with Crippen molar-refractivity contribution in [3.63, 3.8) is 0 Å². The van der Waals surface area contributed by atoms with E-state index in [1.54, 1.807) is 18.7 Å². The van der Waals surface area contributed by atoms with Gasteiger partial charge in [0, 0.05) is 13.1 Å². The molecule has 0 aliphatic carbocycles. The van der Waals surface area contributed by atoms with Crippen LogP contribution in [0.2, 0.25) is 0 Å². The van der Waals surface area contributed by atoms with Gasteiger partial charge in [-0.2, -0.15) is 0 Å². The minimum absolute atomic E-state index is 0.00800. The van der Waals surface area contributed by atoms with E-state index < -0.39 is 6.10 Å². The summed E-state index contributed by atoms with van der Waals surface area (Å²) in [6, 6.07) is 7.49. The summed E-state index contributed by atoms with van der Waals surface area (Å²) in [5.41, 5.74) is 1.05. The summed E-state index contributed by atoms with van der Waals surface area (Å²) < 4.78 is 10.9. The second-order valence-corrected chi connectivity index (χ2v) is 5.39. The van der Waals surface area contributed by atoms with Crippen LogP contribution >= 0.6 is 0 Å². The highest BCUT2D eigenvalue weighted by molar-refractivity contribution is 5.81. The lowest BCUT2D eigenvalue weighted by Gasteiger charge is -2.29. The number of benzene rings is 1. The molecule has 2 unspecified atom stereocenters. The van der Waals surface area contributed by atoms with Gasteiger partial charge in [0.15, 0.2) is 6.10 Å². The van der Waals surface area contributed by atoms with Gasteiger partial charge >= 0.3 is 0 Å². The largest absolute Gasteiger partial charge is 0.481 e. The lowest BCUT2D eigenvalue weighted by molar-refractivity contribution is -0.142. The zero-order valence-corrected chi connectivity index (χ0v) is 12.6. The SMILES string of the molecule is CC(O)Cc1ccc(OC(C)C(=O)N2CCOCC2)cc1. The Hall–Kier alpha value is -1.59. The van der Waals surface area contributed by atoms with Gasteiger partial charge in [-0.15, -0.1) is 0 Å². The third kappa shape index (κ3) is 4.72. The molecule has 21 heavy (non-hydrogen) atoms. The number of nitrogens with zero attached hydrogens (tertiary/aromatic N) is 1. The van der Waals surface area contributed by atoms with Gasteiger partial charge in [-0.05, 0) is 38.0 Å². The summed E-state index contributed by atoms with van der Waals surface area (Å²) >= 11 is 0. The molecule has 1 aliphatic heterocycles. The van der Waals surface area contributed by atoms with Gasteiger partial charge in [0.05, 0.1) is 19.3 Å². The topological polar surface area (TPSA) is 59.0 Å². The van der Waals surface area contributed by atoms with Gasteiger partial charge in [-0.3, -0.25) is 4.79 Å². The molecular formula is C16H23NO4. The number of carbonyl (C=O) groups is 1. The van der Waals surface area contributed by atoms with Crippen molar-refractivity contribution in [3.05, 3.63) is 29.8 Å². The molecule has 5 nitrogen and oxygen atoms in total. The Morgan fingerprint density at radius 1 is 1.29 bits per heavy atom. The Balaban J connectivity index is 1.89. The number of rotatable bonds is 5. The minimum atomic E-state index is -0.509. The molecule has 1 aromatic rings. The normalized spacial score (nSPS) is 18.1. The van der Waals surface area contributed by atoms with E-state index in [2.05, 4.69) is 0 Å². The fraction of sp³-hybridized carbons (Fsp3) is 0.562. The van der Waals surface area contributed by atoms with Gasteiger partial charge < -0.3 is 19.5 Å². The summed E-state index contributed by atoms with van der Waals surface area (Å²) in [5.74, 6) is 0.657. The second-order valence-electron chi connectivity index (χ2n) is 5.39. The smallest absolute Gasteiger partial charge is 0.263 e. The zero-order valence-electron chi connectivity index (χ0n) is 12.6. The summed E-state index contributed by atoms with van der Waals surface area (Å²) in [5, 5.41) is 9.35. The molecule has 0 radical (unpaired) electrons. The third-order valence-electron chi connectivity index (χ3n) is 3.44. The first-order chi connectivity index (χ1) is 10.1. The minimum Gasteiger partial charge on any atom is -0.481 e. The average molecular weight is 293 g/mol. The van der Waals surface area contributed by atoms with Crippen LogP contribution in [0.4, 0.5) is 0 Å². The maximum Gasteiger partial charge on any atom is 0.263 e. The average Bonchev–Trinajstić information content (AvgIpc) is 2.49. The highest BCUT2D eigenvalue weighted by Gasteiger charge is 2.23. The van der Waals surface area contributed by atoms with Crippen LogP contribution in [0, 0.1) is 0 Å². The van der Waals surface area contributed by atoms with Crippen molar-refractivity contribution in [2.75, 3.05) is 26.3 Å². The van der Waals surface area contributed by atoms with E-state index >= 15 is 0 Å². The van der Waals surface area contributed by atoms with Crippen LogP contribution in [0.1, 0.15) is 19.4 Å². The van der Waals surface area contributed by atoms with Crippen LogP contribution in [0.3, 0.4) is 0 Å².